The summed E-state index contributed by atoms with van der Waals surface area (Å²) in [5.41, 5.74) is 0. The number of hydrogen-bond acceptors (Lipinski definition) is 4. The molecule has 0 aromatic carbocycles. The summed E-state index contributed by atoms with van der Waals surface area (Å²) >= 11 is 0. The van der Waals surface area contributed by atoms with Crippen LogP contribution in [0.1, 0.15) is 52.4 Å². The highest BCUT2D eigenvalue weighted by atomic mass is 16.5. The lowest BCUT2D eigenvalue weighted by Gasteiger charge is -2.40. The van der Waals surface area contributed by atoms with Crippen molar-refractivity contribution in [2.45, 2.75) is 64.5 Å². The monoisotopic (exact) mass is 282 g/mol. The number of piperazine rings is 1. The fraction of sp³-hybridized carbons (Fsp3) is 0.938. The first-order valence-corrected chi connectivity index (χ1v) is 8.41. The van der Waals surface area contributed by atoms with Crippen LogP contribution in [-0.2, 0) is 9.53 Å². The van der Waals surface area contributed by atoms with Crippen LogP contribution in [0.4, 0.5) is 0 Å². The van der Waals surface area contributed by atoms with Crippen LogP contribution in [-0.4, -0.2) is 60.6 Å². The van der Waals surface area contributed by atoms with Gasteiger partial charge < -0.3 is 4.74 Å². The van der Waals surface area contributed by atoms with Gasteiger partial charge in [0, 0.05) is 32.2 Å². The number of carbonyl (C=O) groups is 1. The number of rotatable bonds is 6. The lowest BCUT2D eigenvalue weighted by molar-refractivity contribution is -0.150. The summed E-state index contributed by atoms with van der Waals surface area (Å²) < 4.78 is 5.24. The predicted molar refractivity (Wildman–Crippen MR) is 80.7 cm³/mol. The maximum Gasteiger partial charge on any atom is 0.323 e. The van der Waals surface area contributed by atoms with Crippen molar-refractivity contribution in [2.75, 3.05) is 32.8 Å². The van der Waals surface area contributed by atoms with Gasteiger partial charge in [0.2, 0.25) is 0 Å². The summed E-state index contributed by atoms with van der Waals surface area (Å²) in [5.74, 6) is -0.0244. The van der Waals surface area contributed by atoms with E-state index in [0.717, 1.165) is 45.1 Å². The molecule has 0 aromatic rings. The molecule has 1 atom stereocenters. The van der Waals surface area contributed by atoms with Gasteiger partial charge in [-0.2, -0.15) is 0 Å². The molecule has 4 nitrogen and oxygen atoms in total. The Hall–Kier alpha value is -0.610. The molecule has 20 heavy (non-hydrogen) atoms. The molecule has 0 N–H and O–H groups in total. The second kappa shape index (κ2) is 7.99. The van der Waals surface area contributed by atoms with E-state index in [-0.39, 0.29) is 12.0 Å². The maximum absolute atomic E-state index is 12.1. The Morgan fingerprint density at radius 1 is 1.15 bits per heavy atom. The number of hydrogen-bond donors (Lipinski definition) is 0. The molecule has 0 radical (unpaired) electrons. The van der Waals surface area contributed by atoms with Crippen molar-refractivity contribution in [2.24, 2.45) is 0 Å². The molecule has 2 aliphatic rings. The van der Waals surface area contributed by atoms with Crippen LogP contribution in [0.5, 0.6) is 0 Å². The Morgan fingerprint density at radius 3 is 2.35 bits per heavy atom. The molecule has 1 saturated heterocycles. The lowest BCUT2D eigenvalue weighted by Crippen LogP contribution is -2.54. The Kier molecular flexibility index (Phi) is 6.30. The summed E-state index contributed by atoms with van der Waals surface area (Å²) in [6.45, 7) is 8.77. The van der Waals surface area contributed by atoms with Crippen LogP contribution in [0.15, 0.2) is 0 Å². The highest BCUT2D eigenvalue weighted by Gasteiger charge is 2.32. The highest BCUT2D eigenvalue weighted by Crippen LogP contribution is 2.25. The van der Waals surface area contributed by atoms with Crippen LogP contribution in [0.25, 0.3) is 0 Å². The SMILES string of the molecule is CCCC(C(=O)OCC)N1CCN(C2CCCC2)CC1. The Labute approximate surface area is 123 Å². The second-order valence-electron chi connectivity index (χ2n) is 6.07. The minimum Gasteiger partial charge on any atom is -0.465 e. The third kappa shape index (κ3) is 3.95. The van der Waals surface area contributed by atoms with Crippen LogP contribution >= 0.6 is 0 Å². The normalized spacial score (nSPS) is 23.9. The molecule has 4 heteroatoms. The van der Waals surface area contributed by atoms with E-state index in [9.17, 15) is 4.79 Å². The summed E-state index contributed by atoms with van der Waals surface area (Å²) in [5, 5.41) is 0. The molecule has 0 bridgehead atoms. The van der Waals surface area contributed by atoms with Gasteiger partial charge in [0.1, 0.15) is 6.04 Å². The molecule has 0 spiro atoms. The van der Waals surface area contributed by atoms with Crippen LogP contribution in [0, 0.1) is 0 Å². The van der Waals surface area contributed by atoms with Gasteiger partial charge in [-0.15, -0.1) is 0 Å². The van der Waals surface area contributed by atoms with Crippen molar-refractivity contribution in [3.8, 4) is 0 Å². The first-order chi connectivity index (χ1) is 9.76. The molecular weight excluding hydrogens is 252 g/mol. The zero-order chi connectivity index (χ0) is 14.4. The maximum atomic E-state index is 12.1. The van der Waals surface area contributed by atoms with Gasteiger partial charge in [-0.3, -0.25) is 14.6 Å². The second-order valence-corrected chi connectivity index (χ2v) is 6.07. The van der Waals surface area contributed by atoms with Crippen molar-refractivity contribution < 1.29 is 9.53 Å². The van der Waals surface area contributed by atoms with E-state index in [2.05, 4.69) is 16.7 Å². The van der Waals surface area contributed by atoms with E-state index in [1.165, 1.54) is 25.7 Å². The van der Waals surface area contributed by atoms with Gasteiger partial charge in [0.15, 0.2) is 0 Å². The summed E-state index contributed by atoms with van der Waals surface area (Å²) in [4.78, 5) is 17.1. The Balaban J connectivity index is 1.84. The molecule has 1 aliphatic heterocycles. The molecule has 116 valence electrons. The first kappa shape index (κ1) is 15.8. The van der Waals surface area contributed by atoms with Gasteiger partial charge >= 0.3 is 5.97 Å². The number of carbonyl (C=O) groups excluding carboxylic acids is 1. The van der Waals surface area contributed by atoms with Crippen molar-refractivity contribution in [1.29, 1.82) is 0 Å². The molecule has 2 rings (SSSR count). The van der Waals surface area contributed by atoms with Gasteiger partial charge in [0.05, 0.1) is 6.61 Å². The smallest absolute Gasteiger partial charge is 0.323 e. The van der Waals surface area contributed by atoms with E-state index in [4.69, 9.17) is 4.74 Å². The van der Waals surface area contributed by atoms with Crippen LogP contribution in [0.3, 0.4) is 0 Å². The van der Waals surface area contributed by atoms with E-state index < -0.39 is 0 Å². The van der Waals surface area contributed by atoms with Gasteiger partial charge in [-0.25, -0.2) is 0 Å². The average Bonchev–Trinajstić information content (AvgIpc) is 2.99. The van der Waals surface area contributed by atoms with Gasteiger partial charge in [0.25, 0.3) is 0 Å². The summed E-state index contributed by atoms with van der Waals surface area (Å²) in [6, 6.07) is 0.787. The average molecular weight is 282 g/mol. The van der Waals surface area contributed by atoms with Gasteiger partial charge in [-0.1, -0.05) is 26.2 Å². The summed E-state index contributed by atoms with van der Waals surface area (Å²) in [7, 11) is 0. The predicted octanol–water partition coefficient (Wildman–Crippen LogP) is 2.28. The molecule has 1 aliphatic carbocycles. The number of esters is 1. The molecular formula is C16H30N2O2. The fourth-order valence-corrected chi connectivity index (χ4v) is 3.65. The van der Waals surface area contributed by atoms with Crippen LogP contribution < -0.4 is 0 Å². The van der Waals surface area contributed by atoms with Gasteiger partial charge in [-0.05, 0) is 26.2 Å². The Bertz CT molecular complexity index is 295. The standard InChI is InChI=1S/C16H30N2O2/c1-3-7-15(16(19)20-4-2)18-12-10-17(11-13-18)14-8-5-6-9-14/h14-15H,3-13H2,1-2H3. The van der Waals surface area contributed by atoms with E-state index in [1.807, 2.05) is 6.92 Å². The first-order valence-electron chi connectivity index (χ1n) is 8.41. The topological polar surface area (TPSA) is 32.8 Å². The summed E-state index contributed by atoms with van der Waals surface area (Å²) in [6.07, 6.45) is 7.49. The van der Waals surface area contributed by atoms with E-state index in [0.29, 0.717) is 6.61 Å². The minimum absolute atomic E-state index is 0.0225. The Morgan fingerprint density at radius 2 is 1.80 bits per heavy atom. The third-order valence-corrected chi connectivity index (χ3v) is 4.75. The number of ether oxygens (including phenoxy) is 1. The zero-order valence-electron chi connectivity index (χ0n) is 13.1. The fourth-order valence-electron chi connectivity index (χ4n) is 3.65. The molecule has 0 aromatic heterocycles. The van der Waals surface area contributed by atoms with E-state index in [1.54, 1.807) is 0 Å². The molecule has 1 unspecified atom stereocenters. The highest BCUT2D eigenvalue weighted by molar-refractivity contribution is 5.75. The molecule has 1 saturated carbocycles. The lowest BCUT2D eigenvalue weighted by atomic mass is 10.1. The quantitative estimate of drug-likeness (QED) is 0.700. The largest absolute Gasteiger partial charge is 0.465 e. The third-order valence-electron chi connectivity index (χ3n) is 4.75. The van der Waals surface area contributed by atoms with Crippen molar-refractivity contribution >= 4 is 5.97 Å². The number of nitrogens with zero attached hydrogens (tertiary/aromatic N) is 2. The van der Waals surface area contributed by atoms with Crippen LogP contribution in [0.2, 0.25) is 0 Å². The van der Waals surface area contributed by atoms with E-state index >= 15 is 0 Å². The molecule has 2 fully saturated rings. The van der Waals surface area contributed by atoms with Crippen molar-refractivity contribution in [3.63, 3.8) is 0 Å². The van der Waals surface area contributed by atoms with Crippen molar-refractivity contribution in [3.05, 3.63) is 0 Å². The van der Waals surface area contributed by atoms with Crippen molar-refractivity contribution in [1.82, 2.24) is 9.80 Å². The molecule has 1 heterocycles. The minimum atomic E-state index is -0.0244. The molecule has 0 amide bonds. The zero-order valence-corrected chi connectivity index (χ0v) is 13.1.